The summed E-state index contributed by atoms with van der Waals surface area (Å²) in [5.41, 5.74) is 2.12. The Kier molecular flexibility index (Phi) is 7.37. The number of nitrogens with one attached hydrogen (secondary N) is 1. The predicted octanol–water partition coefficient (Wildman–Crippen LogP) is 3.66. The van der Waals surface area contributed by atoms with E-state index in [1.165, 1.54) is 11.1 Å². The Balaban J connectivity index is 1.57. The maximum absolute atomic E-state index is 13.5. The quantitative estimate of drug-likeness (QED) is 0.342. The molecule has 1 aliphatic heterocycles. The van der Waals surface area contributed by atoms with Crippen LogP contribution in [0, 0.1) is 24.7 Å². The molecule has 1 aromatic carbocycles. The third-order valence-electron chi connectivity index (χ3n) is 6.71. The maximum Gasteiger partial charge on any atom is 0.341 e. The van der Waals surface area contributed by atoms with Gasteiger partial charge in [0.1, 0.15) is 11.6 Å². The summed E-state index contributed by atoms with van der Waals surface area (Å²) in [6.45, 7) is 7.69. The number of amides is 3. The van der Waals surface area contributed by atoms with Gasteiger partial charge in [0.2, 0.25) is 17.7 Å². The Bertz CT molecular complexity index is 1190. The van der Waals surface area contributed by atoms with Crippen molar-refractivity contribution in [2.45, 2.75) is 53.0 Å². The number of benzene rings is 1. The summed E-state index contributed by atoms with van der Waals surface area (Å²) in [6, 6.07) is 6.15. The van der Waals surface area contributed by atoms with Crippen LogP contribution in [0.15, 0.2) is 42.6 Å². The lowest BCUT2D eigenvalue weighted by Crippen LogP contribution is -2.48. The van der Waals surface area contributed by atoms with E-state index in [1.54, 1.807) is 42.8 Å². The molecule has 1 saturated heterocycles. The van der Waals surface area contributed by atoms with Crippen LogP contribution in [0.5, 0.6) is 0 Å². The predicted molar refractivity (Wildman–Crippen MR) is 133 cm³/mol. The van der Waals surface area contributed by atoms with Gasteiger partial charge in [0.15, 0.2) is 0 Å². The van der Waals surface area contributed by atoms with Crippen LogP contribution < -0.4 is 5.32 Å². The number of rotatable bonds is 8. The van der Waals surface area contributed by atoms with Crippen molar-refractivity contribution in [1.82, 2.24) is 14.7 Å². The molecular weight excluding hydrogens is 460 g/mol. The van der Waals surface area contributed by atoms with Crippen molar-refractivity contribution in [3.8, 4) is 5.69 Å². The van der Waals surface area contributed by atoms with Crippen LogP contribution in [0.4, 0.5) is 5.69 Å². The van der Waals surface area contributed by atoms with Gasteiger partial charge in [-0.1, -0.05) is 32.1 Å². The number of hydrogen-bond donors (Lipinski definition) is 1. The number of ether oxygens (including phenoxy) is 1. The van der Waals surface area contributed by atoms with E-state index in [0.717, 1.165) is 0 Å². The molecule has 1 aliphatic carbocycles. The summed E-state index contributed by atoms with van der Waals surface area (Å²) >= 11 is 0. The number of carbonyl (C=O) groups is 4. The summed E-state index contributed by atoms with van der Waals surface area (Å²) < 4.78 is 6.68. The molecule has 3 atom stereocenters. The highest BCUT2D eigenvalue weighted by Gasteiger charge is 2.51. The highest BCUT2D eigenvalue weighted by atomic mass is 16.5. The number of anilines is 1. The second-order valence-electron chi connectivity index (χ2n) is 9.66. The van der Waals surface area contributed by atoms with Gasteiger partial charge in [-0.2, -0.15) is 5.10 Å². The first-order valence-electron chi connectivity index (χ1n) is 12.4. The largest absolute Gasteiger partial charge is 0.462 e. The second-order valence-corrected chi connectivity index (χ2v) is 9.66. The zero-order valence-corrected chi connectivity index (χ0v) is 21.1. The number of nitrogens with zero attached hydrogens (tertiary/aromatic N) is 3. The lowest BCUT2D eigenvalue weighted by molar-refractivity contribution is -0.147. The molecule has 0 saturated carbocycles. The molecule has 190 valence electrons. The molecule has 2 heterocycles. The first-order chi connectivity index (χ1) is 17.2. The maximum atomic E-state index is 13.5. The number of esters is 1. The van der Waals surface area contributed by atoms with Gasteiger partial charge in [-0.15, -0.1) is 0 Å². The van der Waals surface area contributed by atoms with Crippen molar-refractivity contribution in [1.29, 1.82) is 0 Å². The number of imide groups is 1. The third-order valence-corrected chi connectivity index (χ3v) is 6.71. The highest BCUT2D eigenvalue weighted by Crippen LogP contribution is 2.37. The Morgan fingerprint density at radius 1 is 1.14 bits per heavy atom. The molecule has 2 aromatic rings. The van der Waals surface area contributed by atoms with Crippen LogP contribution in [0.2, 0.25) is 0 Å². The summed E-state index contributed by atoms with van der Waals surface area (Å²) in [7, 11) is 0. The molecule has 0 radical (unpaired) electrons. The minimum Gasteiger partial charge on any atom is -0.462 e. The third kappa shape index (κ3) is 4.82. The minimum atomic E-state index is -0.888. The molecule has 3 amide bonds. The number of carbonyl (C=O) groups excluding carboxylic acids is 4. The van der Waals surface area contributed by atoms with Crippen LogP contribution in [0.25, 0.3) is 5.69 Å². The molecule has 9 heteroatoms. The van der Waals surface area contributed by atoms with E-state index in [9.17, 15) is 19.2 Å². The van der Waals surface area contributed by atoms with Crippen LogP contribution in [-0.4, -0.2) is 51.0 Å². The summed E-state index contributed by atoms with van der Waals surface area (Å²) in [5, 5.41) is 7.20. The standard InChI is InChI=1S/C27H32N4O5/c1-5-36-27(35)22-15-28-31(17(22)4)19-10-8-9-18(14-19)29-24(32)23(13-16(2)3)30-25(33)20-11-6-7-12-21(20)26(30)34/h6-10,14-16,20-21,23H,5,11-13H2,1-4H3,(H,29,32). The smallest absolute Gasteiger partial charge is 0.341 e. The first-order valence-corrected chi connectivity index (χ1v) is 12.4. The zero-order valence-electron chi connectivity index (χ0n) is 21.1. The summed E-state index contributed by atoms with van der Waals surface area (Å²) in [5.74, 6) is -2.04. The fourth-order valence-corrected chi connectivity index (χ4v) is 4.93. The van der Waals surface area contributed by atoms with Crippen molar-refractivity contribution in [3.63, 3.8) is 0 Å². The van der Waals surface area contributed by atoms with E-state index in [-0.39, 0.29) is 36.2 Å². The Morgan fingerprint density at radius 2 is 1.81 bits per heavy atom. The molecule has 1 N–H and O–H groups in total. The highest BCUT2D eigenvalue weighted by molar-refractivity contribution is 6.10. The van der Waals surface area contributed by atoms with Gasteiger partial charge < -0.3 is 10.1 Å². The second kappa shape index (κ2) is 10.5. The Morgan fingerprint density at radius 3 is 2.42 bits per heavy atom. The molecule has 2 aliphatic rings. The van der Waals surface area contributed by atoms with Crippen molar-refractivity contribution in [3.05, 3.63) is 53.9 Å². The first kappa shape index (κ1) is 25.3. The Hall–Kier alpha value is -3.75. The van der Waals surface area contributed by atoms with E-state index in [0.29, 0.717) is 41.9 Å². The van der Waals surface area contributed by atoms with E-state index in [4.69, 9.17) is 4.74 Å². The van der Waals surface area contributed by atoms with Crippen molar-refractivity contribution in [2.75, 3.05) is 11.9 Å². The fraction of sp³-hybridized carbons (Fsp3) is 0.444. The fourth-order valence-electron chi connectivity index (χ4n) is 4.93. The average molecular weight is 493 g/mol. The normalized spacial score (nSPS) is 20.0. The van der Waals surface area contributed by atoms with Crippen LogP contribution in [-0.2, 0) is 19.1 Å². The molecule has 3 unspecified atom stereocenters. The van der Waals surface area contributed by atoms with Gasteiger partial charge in [0.25, 0.3) is 0 Å². The van der Waals surface area contributed by atoms with Crippen molar-refractivity contribution in [2.24, 2.45) is 17.8 Å². The van der Waals surface area contributed by atoms with Gasteiger partial charge in [-0.25, -0.2) is 9.48 Å². The number of likely N-dealkylation sites (tertiary alicyclic amines) is 1. The van der Waals surface area contributed by atoms with Gasteiger partial charge in [0.05, 0.1) is 36.0 Å². The molecular formula is C27H32N4O5. The molecule has 1 aromatic heterocycles. The van der Waals surface area contributed by atoms with Crippen LogP contribution in [0.3, 0.4) is 0 Å². The molecule has 9 nitrogen and oxygen atoms in total. The van der Waals surface area contributed by atoms with Crippen molar-refractivity contribution < 1.29 is 23.9 Å². The van der Waals surface area contributed by atoms with Gasteiger partial charge in [-0.05, 0) is 57.2 Å². The van der Waals surface area contributed by atoms with E-state index < -0.39 is 17.9 Å². The number of hydrogen-bond acceptors (Lipinski definition) is 6. The monoisotopic (exact) mass is 492 g/mol. The number of fused-ring (bicyclic) bond motifs is 1. The van der Waals surface area contributed by atoms with Gasteiger partial charge >= 0.3 is 5.97 Å². The summed E-state index contributed by atoms with van der Waals surface area (Å²) in [6.07, 6.45) is 6.75. The number of aromatic nitrogens is 2. The average Bonchev–Trinajstić information content (AvgIpc) is 3.35. The van der Waals surface area contributed by atoms with E-state index >= 15 is 0 Å². The van der Waals surface area contributed by atoms with E-state index in [1.807, 2.05) is 26.0 Å². The molecule has 36 heavy (non-hydrogen) atoms. The van der Waals surface area contributed by atoms with Gasteiger partial charge in [-0.3, -0.25) is 19.3 Å². The molecule has 4 rings (SSSR count). The molecule has 1 fully saturated rings. The van der Waals surface area contributed by atoms with Crippen molar-refractivity contribution >= 4 is 29.4 Å². The number of allylic oxidation sites excluding steroid dienone is 2. The molecule has 0 spiro atoms. The zero-order chi connectivity index (χ0) is 26.0. The molecule has 0 bridgehead atoms. The van der Waals surface area contributed by atoms with E-state index in [2.05, 4.69) is 10.4 Å². The summed E-state index contributed by atoms with van der Waals surface area (Å²) in [4.78, 5) is 53.1. The minimum absolute atomic E-state index is 0.0986. The lowest BCUT2D eigenvalue weighted by atomic mass is 9.85. The van der Waals surface area contributed by atoms with Crippen LogP contribution >= 0.6 is 0 Å². The topological polar surface area (TPSA) is 111 Å². The van der Waals surface area contributed by atoms with Gasteiger partial charge in [0, 0.05) is 5.69 Å². The lowest BCUT2D eigenvalue weighted by Gasteiger charge is -2.27. The SMILES string of the molecule is CCOC(=O)c1cnn(-c2cccc(NC(=O)C(CC(C)C)N3C(=O)C4CC=CCC4C3=O)c2)c1C. The van der Waals surface area contributed by atoms with Crippen LogP contribution in [0.1, 0.15) is 56.1 Å². The Labute approximate surface area is 210 Å².